The normalized spacial score (nSPS) is 15.5. The number of benzene rings is 2. The second-order valence-corrected chi connectivity index (χ2v) is 7.35. The number of piperidine rings is 1. The lowest BCUT2D eigenvalue weighted by Gasteiger charge is -2.29. The lowest BCUT2D eigenvalue weighted by atomic mass is 10.0. The molecule has 3 aromatic rings. The van der Waals surface area contributed by atoms with Crippen LogP contribution in [0.5, 0.6) is 5.75 Å². The van der Waals surface area contributed by atoms with Gasteiger partial charge in [0.05, 0.1) is 23.9 Å². The van der Waals surface area contributed by atoms with Crippen LogP contribution in [0.25, 0.3) is 22.2 Å². The zero-order chi connectivity index (χ0) is 19.5. The van der Waals surface area contributed by atoms with Crippen LogP contribution < -0.4 is 10.1 Å². The van der Waals surface area contributed by atoms with E-state index in [-0.39, 0.29) is 11.9 Å². The molecular formula is C23H25N3O2. The number of aromatic nitrogens is 1. The van der Waals surface area contributed by atoms with Crippen LogP contribution in [0.4, 0.5) is 0 Å². The van der Waals surface area contributed by atoms with Crippen molar-refractivity contribution < 1.29 is 9.53 Å². The molecule has 1 saturated heterocycles. The highest BCUT2D eigenvalue weighted by Gasteiger charge is 2.21. The Morgan fingerprint density at radius 1 is 1.11 bits per heavy atom. The molecule has 0 bridgehead atoms. The van der Waals surface area contributed by atoms with E-state index in [9.17, 15) is 4.79 Å². The van der Waals surface area contributed by atoms with Gasteiger partial charge < -0.3 is 15.0 Å². The van der Waals surface area contributed by atoms with Crippen LogP contribution in [0, 0.1) is 0 Å². The molecule has 2 heterocycles. The molecular weight excluding hydrogens is 350 g/mol. The number of likely N-dealkylation sites (tertiary alicyclic amines) is 1. The van der Waals surface area contributed by atoms with Crippen molar-refractivity contribution in [2.45, 2.75) is 18.9 Å². The number of amides is 1. The van der Waals surface area contributed by atoms with Gasteiger partial charge in [0, 0.05) is 17.0 Å². The molecule has 0 atom stereocenters. The van der Waals surface area contributed by atoms with Crippen LogP contribution in [-0.2, 0) is 0 Å². The van der Waals surface area contributed by atoms with Crippen molar-refractivity contribution in [3.8, 4) is 17.0 Å². The molecule has 4 rings (SSSR count). The highest BCUT2D eigenvalue weighted by atomic mass is 16.5. The molecule has 2 aromatic carbocycles. The van der Waals surface area contributed by atoms with Crippen molar-refractivity contribution in [2.24, 2.45) is 0 Å². The van der Waals surface area contributed by atoms with Gasteiger partial charge in [0.15, 0.2) is 0 Å². The van der Waals surface area contributed by atoms with Crippen molar-refractivity contribution in [1.29, 1.82) is 0 Å². The molecule has 5 heteroatoms. The lowest BCUT2D eigenvalue weighted by Crippen LogP contribution is -2.43. The fraction of sp³-hybridized carbons (Fsp3) is 0.304. The van der Waals surface area contributed by atoms with E-state index in [1.54, 1.807) is 7.11 Å². The quantitative estimate of drug-likeness (QED) is 0.755. The van der Waals surface area contributed by atoms with Crippen LogP contribution in [-0.4, -0.2) is 49.1 Å². The SMILES string of the molecule is COc1ccc(-c2cc(C(=O)NC3CCN(C)CC3)c3ccccc3n2)cc1. The molecule has 0 aliphatic carbocycles. The predicted molar refractivity (Wildman–Crippen MR) is 112 cm³/mol. The maximum Gasteiger partial charge on any atom is 0.252 e. The van der Waals surface area contributed by atoms with Crippen molar-refractivity contribution in [2.75, 3.05) is 27.2 Å². The van der Waals surface area contributed by atoms with Crippen LogP contribution in [0.15, 0.2) is 54.6 Å². The topological polar surface area (TPSA) is 54.5 Å². The number of ether oxygens (including phenoxy) is 1. The van der Waals surface area contributed by atoms with Gasteiger partial charge in [-0.1, -0.05) is 18.2 Å². The second-order valence-electron chi connectivity index (χ2n) is 7.35. The van der Waals surface area contributed by atoms with E-state index in [1.165, 1.54) is 0 Å². The largest absolute Gasteiger partial charge is 0.497 e. The van der Waals surface area contributed by atoms with Gasteiger partial charge in [-0.05, 0) is 69.4 Å². The number of nitrogens with one attached hydrogen (secondary N) is 1. The third-order valence-corrected chi connectivity index (χ3v) is 5.40. The van der Waals surface area contributed by atoms with Crippen LogP contribution in [0.3, 0.4) is 0 Å². The third-order valence-electron chi connectivity index (χ3n) is 5.40. The molecule has 1 aromatic heterocycles. The summed E-state index contributed by atoms with van der Waals surface area (Å²) in [5, 5.41) is 4.11. The molecule has 0 spiro atoms. The van der Waals surface area contributed by atoms with E-state index in [0.29, 0.717) is 5.56 Å². The minimum absolute atomic E-state index is 0.0251. The Kier molecular flexibility index (Phi) is 5.26. The average Bonchev–Trinajstić information content (AvgIpc) is 2.74. The Hall–Kier alpha value is -2.92. The van der Waals surface area contributed by atoms with E-state index >= 15 is 0 Å². The van der Waals surface area contributed by atoms with Crippen molar-refractivity contribution in [1.82, 2.24) is 15.2 Å². The van der Waals surface area contributed by atoms with Gasteiger partial charge in [0.25, 0.3) is 5.91 Å². The monoisotopic (exact) mass is 375 g/mol. The first-order chi connectivity index (χ1) is 13.6. The Morgan fingerprint density at radius 2 is 1.82 bits per heavy atom. The molecule has 28 heavy (non-hydrogen) atoms. The summed E-state index contributed by atoms with van der Waals surface area (Å²) in [6, 6.07) is 17.7. The Labute approximate surface area is 165 Å². The second kappa shape index (κ2) is 7.98. The van der Waals surface area contributed by atoms with Gasteiger partial charge in [-0.3, -0.25) is 4.79 Å². The number of methoxy groups -OCH3 is 1. The van der Waals surface area contributed by atoms with E-state index in [0.717, 1.165) is 53.8 Å². The van der Waals surface area contributed by atoms with Gasteiger partial charge in [0.2, 0.25) is 0 Å². The molecule has 0 radical (unpaired) electrons. The molecule has 5 nitrogen and oxygen atoms in total. The van der Waals surface area contributed by atoms with Crippen molar-refractivity contribution in [3.05, 3.63) is 60.2 Å². The summed E-state index contributed by atoms with van der Waals surface area (Å²) in [4.78, 5) is 20.2. The lowest BCUT2D eigenvalue weighted by molar-refractivity contribution is 0.0918. The van der Waals surface area contributed by atoms with Gasteiger partial charge in [-0.15, -0.1) is 0 Å². The minimum atomic E-state index is -0.0251. The number of hydrogen-bond acceptors (Lipinski definition) is 4. The van der Waals surface area contributed by atoms with Gasteiger partial charge in [-0.2, -0.15) is 0 Å². The summed E-state index contributed by atoms with van der Waals surface area (Å²) < 4.78 is 5.24. The Bertz CT molecular complexity index is 977. The van der Waals surface area contributed by atoms with Crippen molar-refractivity contribution >= 4 is 16.8 Å². The molecule has 0 saturated carbocycles. The molecule has 1 fully saturated rings. The zero-order valence-corrected chi connectivity index (χ0v) is 16.3. The first kappa shape index (κ1) is 18.4. The van der Waals surface area contributed by atoms with Crippen LogP contribution in [0.2, 0.25) is 0 Å². The van der Waals surface area contributed by atoms with Crippen LogP contribution in [0.1, 0.15) is 23.2 Å². The Balaban J connectivity index is 1.68. The number of rotatable bonds is 4. The molecule has 0 unspecified atom stereocenters. The number of hydrogen-bond donors (Lipinski definition) is 1. The van der Waals surface area contributed by atoms with E-state index in [4.69, 9.17) is 9.72 Å². The summed E-state index contributed by atoms with van der Waals surface area (Å²) >= 11 is 0. The molecule has 1 aliphatic rings. The van der Waals surface area contributed by atoms with Crippen LogP contribution >= 0.6 is 0 Å². The summed E-state index contributed by atoms with van der Waals surface area (Å²) in [5.74, 6) is 0.771. The smallest absolute Gasteiger partial charge is 0.252 e. The molecule has 144 valence electrons. The van der Waals surface area contributed by atoms with Crippen molar-refractivity contribution in [3.63, 3.8) is 0 Å². The maximum atomic E-state index is 13.1. The predicted octanol–water partition coefficient (Wildman–Crippen LogP) is 3.73. The zero-order valence-electron chi connectivity index (χ0n) is 16.3. The fourth-order valence-corrected chi connectivity index (χ4v) is 3.69. The first-order valence-electron chi connectivity index (χ1n) is 9.67. The standard InChI is InChI=1S/C23H25N3O2/c1-26-13-11-17(12-14-26)24-23(27)20-15-22(16-7-9-18(28-2)10-8-16)25-21-6-4-3-5-19(20)21/h3-10,15,17H,11-14H2,1-2H3,(H,24,27). The third kappa shape index (κ3) is 3.85. The maximum absolute atomic E-state index is 13.1. The molecule has 1 amide bonds. The first-order valence-corrected chi connectivity index (χ1v) is 9.67. The highest BCUT2D eigenvalue weighted by molar-refractivity contribution is 6.07. The van der Waals surface area contributed by atoms with Gasteiger partial charge in [0.1, 0.15) is 5.75 Å². The summed E-state index contributed by atoms with van der Waals surface area (Å²) in [6.07, 6.45) is 1.97. The number of nitrogens with zero attached hydrogens (tertiary/aromatic N) is 2. The number of pyridine rings is 1. The highest BCUT2D eigenvalue weighted by Crippen LogP contribution is 2.26. The molecule has 1 aliphatic heterocycles. The summed E-state index contributed by atoms with van der Waals surface area (Å²) in [5.41, 5.74) is 3.24. The summed E-state index contributed by atoms with van der Waals surface area (Å²) in [6.45, 7) is 2.03. The number of para-hydroxylation sites is 1. The average molecular weight is 375 g/mol. The van der Waals surface area contributed by atoms with E-state index in [2.05, 4.69) is 17.3 Å². The number of carbonyl (C=O) groups is 1. The molecule has 1 N–H and O–H groups in total. The fourth-order valence-electron chi connectivity index (χ4n) is 3.69. The van der Waals surface area contributed by atoms with E-state index < -0.39 is 0 Å². The minimum Gasteiger partial charge on any atom is -0.497 e. The number of fused-ring (bicyclic) bond motifs is 1. The number of carbonyl (C=O) groups excluding carboxylic acids is 1. The van der Waals surface area contributed by atoms with Gasteiger partial charge >= 0.3 is 0 Å². The Morgan fingerprint density at radius 3 is 2.54 bits per heavy atom. The van der Waals surface area contributed by atoms with E-state index in [1.807, 2.05) is 54.6 Å². The van der Waals surface area contributed by atoms with Gasteiger partial charge in [-0.25, -0.2) is 4.98 Å². The summed E-state index contributed by atoms with van der Waals surface area (Å²) in [7, 11) is 3.77.